The molecule has 1 aromatic rings. The largest absolute Gasteiger partial charge is 0.390 e. The summed E-state index contributed by atoms with van der Waals surface area (Å²) in [7, 11) is 0. The molecule has 1 aromatic heterocycles. The molecule has 0 saturated carbocycles. The highest BCUT2D eigenvalue weighted by Crippen LogP contribution is 2.27. The second kappa shape index (κ2) is 5.69. The molecule has 0 aromatic carbocycles. The van der Waals surface area contributed by atoms with Gasteiger partial charge in [-0.05, 0) is 28.1 Å². The predicted octanol–water partition coefficient (Wildman–Crippen LogP) is 1.89. The number of nitrogens with zero attached hydrogens (tertiary/aromatic N) is 1. The lowest BCUT2D eigenvalue weighted by atomic mass is 10.1. The molecular formula is C8H10BrClF2N2O. The topological polar surface area (TPSA) is 59.1 Å². The fraction of sp³-hybridized carbons (Fsp3) is 0.375. The lowest BCUT2D eigenvalue weighted by molar-refractivity contribution is -0.0721. The van der Waals surface area contributed by atoms with E-state index in [1.165, 1.54) is 6.07 Å². The zero-order chi connectivity index (χ0) is 10.8. The summed E-state index contributed by atoms with van der Waals surface area (Å²) in [6.45, 7) is -1.29. The van der Waals surface area contributed by atoms with Crippen LogP contribution in [0.1, 0.15) is 11.7 Å². The number of aliphatic hydroxyl groups is 1. The molecule has 3 nitrogen and oxygen atoms in total. The van der Waals surface area contributed by atoms with Gasteiger partial charge in [-0.15, -0.1) is 12.4 Å². The standard InChI is InChI=1S/C8H9BrF2N2O.ClH/c9-6-3-1-2-5(13-6)7(12)8(10,11)4-14;/h1-3,7,14H,4,12H2;1H/t7-;/m0./s1. The summed E-state index contributed by atoms with van der Waals surface area (Å²) in [5.74, 6) is -3.35. The first-order valence-electron chi connectivity index (χ1n) is 3.84. The number of hydrogen-bond donors (Lipinski definition) is 2. The zero-order valence-corrected chi connectivity index (χ0v) is 9.93. The molecule has 0 bridgehead atoms. The second-order valence-corrected chi connectivity index (χ2v) is 3.59. The number of alkyl halides is 2. The SMILES string of the molecule is Cl.N[C@@H](c1cccc(Br)n1)C(F)(F)CO. The van der Waals surface area contributed by atoms with Crippen molar-refractivity contribution in [1.29, 1.82) is 0 Å². The van der Waals surface area contributed by atoms with Crippen molar-refractivity contribution >= 4 is 28.3 Å². The van der Waals surface area contributed by atoms with E-state index >= 15 is 0 Å². The van der Waals surface area contributed by atoms with Crippen molar-refractivity contribution in [2.24, 2.45) is 5.73 Å². The molecule has 86 valence electrons. The van der Waals surface area contributed by atoms with Crippen molar-refractivity contribution in [3.8, 4) is 0 Å². The molecule has 0 amide bonds. The van der Waals surface area contributed by atoms with E-state index in [1.54, 1.807) is 12.1 Å². The number of pyridine rings is 1. The van der Waals surface area contributed by atoms with E-state index in [-0.39, 0.29) is 18.1 Å². The Kier molecular flexibility index (Phi) is 5.58. The van der Waals surface area contributed by atoms with Crippen LogP contribution in [0.5, 0.6) is 0 Å². The Hall–Kier alpha value is -0.300. The summed E-state index contributed by atoms with van der Waals surface area (Å²) in [5.41, 5.74) is 5.30. The summed E-state index contributed by atoms with van der Waals surface area (Å²) in [6.07, 6.45) is 0. The molecule has 7 heteroatoms. The number of rotatable bonds is 3. The van der Waals surface area contributed by atoms with Crippen molar-refractivity contribution in [3.63, 3.8) is 0 Å². The maximum atomic E-state index is 12.9. The number of nitrogens with two attached hydrogens (primary N) is 1. The number of halogens is 4. The third-order valence-electron chi connectivity index (χ3n) is 1.72. The van der Waals surface area contributed by atoms with Gasteiger partial charge in [0, 0.05) is 0 Å². The van der Waals surface area contributed by atoms with E-state index in [0.29, 0.717) is 4.60 Å². The summed E-state index contributed by atoms with van der Waals surface area (Å²) < 4.78 is 26.3. The Morgan fingerprint density at radius 2 is 2.13 bits per heavy atom. The Bertz CT molecular complexity index is 327. The molecule has 0 unspecified atom stereocenters. The molecule has 15 heavy (non-hydrogen) atoms. The monoisotopic (exact) mass is 302 g/mol. The molecule has 0 aliphatic carbocycles. The minimum absolute atomic E-state index is 0. The minimum Gasteiger partial charge on any atom is -0.390 e. The van der Waals surface area contributed by atoms with Gasteiger partial charge < -0.3 is 10.8 Å². The first-order valence-corrected chi connectivity index (χ1v) is 4.63. The Morgan fingerprint density at radius 3 is 2.60 bits per heavy atom. The Balaban J connectivity index is 0.00000196. The van der Waals surface area contributed by atoms with Crippen LogP contribution in [0.4, 0.5) is 8.78 Å². The molecule has 1 rings (SSSR count). The highest BCUT2D eigenvalue weighted by molar-refractivity contribution is 9.10. The van der Waals surface area contributed by atoms with Gasteiger partial charge >= 0.3 is 0 Å². The van der Waals surface area contributed by atoms with E-state index in [9.17, 15) is 8.78 Å². The third kappa shape index (κ3) is 3.64. The smallest absolute Gasteiger partial charge is 0.291 e. The molecule has 0 fully saturated rings. The van der Waals surface area contributed by atoms with Crippen LogP contribution in [0.2, 0.25) is 0 Å². The molecule has 0 aliphatic rings. The van der Waals surface area contributed by atoms with E-state index in [0.717, 1.165) is 0 Å². The lowest BCUT2D eigenvalue weighted by Crippen LogP contribution is -2.36. The summed E-state index contributed by atoms with van der Waals surface area (Å²) in [6, 6.07) is 2.96. The van der Waals surface area contributed by atoms with Crippen molar-refractivity contribution in [1.82, 2.24) is 4.98 Å². The van der Waals surface area contributed by atoms with Crippen LogP contribution in [-0.2, 0) is 0 Å². The van der Waals surface area contributed by atoms with E-state index in [2.05, 4.69) is 20.9 Å². The third-order valence-corrected chi connectivity index (χ3v) is 2.16. The van der Waals surface area contributed by atoms with E-state index in [1.807, 2.05) is 0 Å². The average Bonchev–Trinajstić information content (AvgIpc) is 2.16. The van der Waals surface area contributed by atoms with Crippen molar-refractivity contribution in [2.75, 3.05) is 6.61 Å². The summed E-state index contributed by atoms with van der Waals surface area (Å²) in [5, 5.41) is 8.43. The van der Waals surface area contributed by atoms with Gasteiger partial charge in [-0.3, -0.25) is 0 Å². The van der Waals surface area contributed by atoms with Gasteiger partial charge in [0.15, 0.2) is 0 Å². The van der Waals surface area contributed by atoms with Gasteiger partial charge in [0.25, 0.3) is 5.92 Å². The van der Waals surface area contributed by atoms with Crippen LogP contribution in [0.15, 0.2) is 22.8 Å². The molecule has 1 heterocycles. The van der Waals surface area contributed by atoms with E-state index < -0.39 is 18.6 Å². The predicted molar refractivity (Wildman–Crippen MR) is 58.1 cm³/mol. The lowest BCUT2D eigenvalue weighted by Gasteiger charge is -2.20. The van der Waals surface area contributed by atoms with Gasteiger partial charge in [0.2, 0.25) is 0 Å². The fourth-order valence-electron chi connectivity index (χ4n) is 0.912. The van der Waals surface area contributed by atoms with Gasteiger partial charge in [0.05, 0.1) is 5.69 Å². The van der Waals surface area contributed by atoms with Gasteiger partial charge in [-0.25, -0.2) is 13.8 Å². The van der Waals surface area contributed by atoms with Crippen molar-refractivity contribution in [2.45, 2.75) is 12.0 Å². The molecule has 0 spiro atoms. The van der Waals surface area contributed by atoms with E-state index in [4.69, 9.17) is 10.8 Å². The molecule has 0 radical (unpaired) electrons. The summed E-state index contributed by atoms with van der Waals surface area (Å²) >= 11 is 3.05. The van der Waals surface area contributed by atoms with Crippen LogP contribution >= 0.6 is 28.3 Å². The van der Waals surface area contributed by atoms with Gasteiger partial charge in [0.1, 0.15) is 17.3 Å². The second-order valence-electron chi connectivity index (χ2n) is 2.78. The summed E-state index contributed by atoms with van der Waals surface area (Å²) in [4.78, 5) is 3.79. The van der Waals surface area contributed by atoms with Crippen LogP contribution in [0.25, 0.3) is 0 Å². The molecule has 1 atom stereocenters. The number of aliphatic hydroxyl groups excluding tert-OH is 1. The van der Waals surface area contributed by atoms with Crippen LogP contribution in [0.3, 0.4) is 0 Å². The van der Waals surface area contributed by atoms with Gasteiger partial charge in [-0.2, -0.15) is 0 Å². The molecular weight excluding hydrogens is 293 g/mol. The van der Waals surface area contributed by atoms with Crippen molar-refractivity contribution in [3.05, 3.63) is 28.5 Å². The zero-order valence-electron chi connectivity index (χ0n) is 7.53. The normalized spacial score (nSPS) is 13.1. The van der Waals surface area contributed by atoms with Crippen molar-refractivity contribution < 1.29 is 13.9 Å². The van der Waals surface area contributed by atoms with Gasteiger partial charge in [-0.1, -0.05) is 6.07 Å². The first-order chi connectivity index (χ1) is 6.47. The molecule has 0 aliphatic heterocycles. The fourth-order valence-corrected chi connectivity index (χ4v) is 1.27. The first kappa shape index (κ1) is 14.7. The number of hydrogen-bond acceptors (Lipinski definition) is 3. The molecule has 3 N–H and O–H groups in total. The Labute approximate surface area is 100 Å². The average molecular weight is 304 g/mol. The highest BCUT2D eigenvalue weighted by atomic mass is 79.9. The maximum Gasteiger partial charge on any atom is 0.291 e. The van der Waals surface area contributed by atoms with Crippen LogP contribution in [0, 0.1) is 0 Å². The number of aromatic nitrogens is 1. The maximum absolute atomic E-state index is 12.9. The highest BCUT2D eigenvalue weighted by Gasteiger charge is 2.38. The Morgan fingerprint density at radius 1 is 1.53 bits per heavy atom. The van der Waals surface area contributed by atoms with Crippen LogP contribution < -0.4 is 5.73 Å². The van der Waals surface area contributed by atoms with Crippen LogP contribution in [-0.4, -0.2) is 22.6 Å². The minimum atomic E-state index is -3.35. The quantitative estimate of drug-likeness (QED) is 0.839. The molecule has 0 saturated heterocycles.